The molecule has 1 aliphatic heterocycles. The van der Waals surface area contributed by atoms with Crippen LogP contribution in [0.15, 0.2) is 53.7 Å². The summed E-state index contributed by atoms with van der Waals surface area (Å²) in [6.07, 6.45) is 0. The van der Waals surface area contributed by atoms with Crippen molar-refractivity contribution in [3.05, 3.63) is 59.9 Å². The molecule has 29 heavy (non-hydrogen) atoms. The molecule has 9 heteroatoms. The van der Waals surface area contributed by atoms with Crippen LogP contribution in [0.1, 0.15) is 11.5 Å². The Bertz CT molecular complexity index is 843. The van der Waals surface area contributed by atoms with Crippen LogP contribution in [-0.4, -0.2) is 49.9 Å². The Morgan fingerprint density at radius 1 is 1.24 bits per heavy atom. The normalized spacial score (nSPS) is 19.5. The van der Waals surface area contributed by atoms with Gasteiger partial charge in [-0.3, -0.25) is 0 Å². The minimum atomic E-state index is -0.484. The highest BCUT2D eigenvalue weighted by Crippen LogP contribution is 2.26. The van der Waals surface area contributed by atoms with E-state index in [1.165, 1.54) is 24.3 Å². The Kier molecular flexibility index (Phi) is 6.85. The Hall–Kier alpha value is -3.33. The van der Waals surface area contributed by atoms with E-state index in [1.54, 1.807) is 7.11 Å². The number of amides is 2. The van der Waals surface area contributed by atoms with Crippen molar-refractivity contribution in [3.8, 4) is 5.75 Å². The number of anilines is 1. The predicted octanol–water partition coefficient (Wildman–Crippen LogP) is 2.03. The first-order valence-electron chi connectivity index (χ1n) is 9.12. The van der Waals surface area contributed by atoms with Crippen molar-refractivity contribution in [1.82, 2.24) is 10.6 Å². The number of halogens is 1. The molecular formula is C20H23FN4O4. The lowest BCUT2D eigenvalue weighted by atomic mass is 9.94. The largest absolute Gasteiger partial charge is 0.497 e. The number of nitrogens with zero attached hydrogens (tertiary/aromatic N) is 1. The Balaban J connectivity index is 1.75. The number of hydrogen-bond donors (Lipinski definition) is 4. The van der Waals surface area contributed by atoms with Crippen molar-refractivity contribution in [2.75, 3.05) is 32.2 Å². The average molecular weight is 402 g/mol. The van der Waals surface area contributed by atoms with Crippen LogP contribution in [0.5, 0.6) is 5.75 Å². The Morgan fingerprint density at radius 2 is 1.97 bits per heavy atom. The molecule has 1 aliphatic rings. The zero-order valence-electron chi connectivity index (χ0n) is 15.9. The minimum Gasteiger partial charge on any atom is -0.497 e. The molecule has 2 amide bonds. The molecule has 1 saturated heterocycles. The van der Waals surface area contributed by atoms with Gasteiger partial charge in [0.05, 0.1) is 13.7 Å². The van der Waals surface area contributed by atoms with E-state index in [0.717, 1.165) is 11.3 Å². The maximum absolute atomic E-state index is 13.1. The van der Waals surface area contributed by atoms with Gasteiger partial charge in [0, 0.05) is 18.2 Å². The lowest BCUT2D eigenvalue weighted by Crippen LogP contribution is -2.45. The highest BCUT2D eigenvalue weighted by atomic mass is 19.1. The van der Waals surface area contributed by atoms with Gasteiger partial charge in [-0.25, -0.2) is 9.18 Å². The van der Waals surface area contributed by atoms with E-state index in [0.29, 0.717) is 18.1 Å². The second kappa shape index (κ2) is 9.74. The number of nitrogens with one attached hydrogen (secondary N) is 3. The second-order valence-corrected chi connectivity index (χ2v) is 6.38. The van der Waals surface area contributed by atoms with Gasteiger partial charge in [0.15, 0.2) is 5.84 Å². The van der Waals surface area contributed by atoms with Crippen LogP contribution in [0, 0.1) is 5.82 Å². The Labute approximate surface area is 167 Å². The molecule has 154 valence electrons. The van der Waals surface area contributed by atoms with E-state index in [1.807, 2.05) is 24.3 Å². The van der Waals surface area contributed by atoms with Gasteiger partial charge in [0.2, 0.25) is 0 Å². The van der Waals surface area contributed by atoms with E-state index in [4.69, 9.17) is 14.7 Å². The van der Waals surface area contributed by atoms with Gasteiger partial charge < -0.3 is 30.6 Å². The average Bonchev–Trinajstić information content (AvgIpc) is 3.12. The summed E-state index contributed by atoms with van der Waals surface area (Å²) in [6.45, 7) is 0.420. The summed E-state index contributed by atoms with van der Waals surface area (Å²) in [5, 5.41) is 21.6. The number of urea groups is 1. The Morgan fingerprint density at radius 3 is 2.62 bits per heavy atom. The fraction of sp³-hybridized carbons (Fsp3) is 0.300. The molecule has 1 heterocycles. The fourth-order valence-electron chi connectivity index (χ4n) is 3.05. The lowest BCUT2D eigenvalue weighted by Gasteiger charge is -2.20. The smallest absolute Gasteiger partial charge is 0.319 e. The third-order valence-corrected chi connectivity index (χ3v) is 4.48. The van der Waals surface area contributed by atoms with E-state index < -0.39 is 12.1 Å². The maximum Gasteiger partial charge on any atom is 0.319 e. The standard InChI is InChI=1S/C20H23FN4O4/c1-28-16-8-2-13(3-9-16)17-12-22-19(25-29-11-10-26)18(17)24-20(27)23-15-6-4-14(21)5-7-15/h2-9,17-18,26H,10-12H2,1H3,(H,22,25)(H2,23,24,27)/t17-,18?/m0/s1. The van der Waals surface area contributed by atoms with Crippen LogP contribution in [0.2, 0.25) is 0 Å². The maximum atomic E-state index is 13.1. The summed E-state index contributed by atoms with van der Waals surface area (Å²) < 4.78 is 18.2. The molecule has 2 aromatic rings. The highest BCUT2D eigenvalue weighted by molar-refractivity contribution is 5.97. The molecule has 0 radical (unpaired) electrons. The third-order valence-electron chi connectivity index (χ3n) is 4.48. The molecule has 2 aromatic carbocycles. The number of oxime groups is 1. The molecule has 0 spiro atoms. The number of rotatable bonds is 7. The summed E-state index contributed by atoms with van der Waals surface area (Å²) in [5.74, 6) is 0.703. The topological polar surface area (TPSA) is 104 Å². The van der Waals surface area contributed by atoms with Crippen LogP contribution in [0.3, 0.4) is 0 Å². The second-order valence-electron chi connectivity index (χ2n) is 6.38. The molecule has 0 bridgehead atoms. The van der Waals surface area contributed by atoms with Gasteiger partial charge in [-0.1, -0.05) is 17.3 Å². The molecule has 4 N–H and O–H groups in total. The summed E-state index contributed by atoms with van der Waals surface area (Å²) in [5.41, 5.74) is 1.45. The van der Waals surface area contributed by atoms with Crippen LogP contribution < -0.4 is 20.7 Å². The summed E-state index contributed by atoms with van der Waals surface area (Å²) in [7, 11) is 1.60. The number of benzene rings is 2. The van der Waals surface area contributed by atoms with E-state index >= 15 is 0 Å². The predicted molar refractivity (Wildman–Crippen MR) is 107 cm³/mol. The van der Waals surface area contributed by atoms with Gasteiger partial charge >= 0.3 is 6.03 Å². The van der Waals surface area contributed by atoms with Crippen molar-refractivity contribution in [1.29, 1.82) is 0 Å². The molecule has 1 fully saturated rings. The first kappa shape index (κ1) is 20.4. The molecule has 2 atom stereocenters. The lowest BCUT2D eigenvalue weighted by molar-refractivity contribution is 0.0974. The van der Waals surface area contributed by atoms with E-state index in [9.17, 15) is 9.18 Å². The zero-order valence-corrected chi connectivity index (χ0v) is 15.9. The van der Waals surface area contributed by atoms with E-state index in [2.05, 4.69) is 21.1 Å². The number of aliphatic hydroxyl groups excluding tert-OH is 1. The quantitative estimate of drug-likeness (QED) is 0.419. The molecule has 8 nitrogen and oxygen atoms in total. The molecule has 0 saturated carbocycles. The van der Waals surface area contributed by atoms with Crippen molar-refractivity contribution in [2.24, 2.45) is 5.16 Å². The zero-order chi connectivity index (χ0) is 20.6. The molecular weight excluding hydrogens is 379 g/mol. The van der Waals surface area contributed by atoms with Gasteiger partial charge in [-0.15, -0.1) is 0 Å². The molecule has 0 aromatic heterocycles. The third kappa shape index (κ3) is 5.35. The highest BCUT2D eigenvalue weighted by Gasteiger charge is 2.36. The summed E-state index contributed by atoms with van der Waals surface area (Å²) in [6, 6.07) is 12.1. The van der Waals surface area contributed by atoms with Gasteiger partial charge in [0.1, 0.15) is 24.2 Å². The van der Waals surface area contributed by atoms with Crippen LogP contribution in [0.25, 0.3) is 0 Å². The number of carbonyl (C=O) groups is 1. The monoisotopic (exact) mass is 402 g/mol. The van der Waals surface area contributed by atoms with Crippen LogP contribution >= 0.6 is 0 Å². The first-order chi connectivity index (χ1) is 14.1. The molecule has 3 rings (SSSR count). The molecule has 0 aliphatic carbocycles. The molecule has 1 unspecified atom stereocenters. The first-order valence-corrected chi connectivity index (χ1v) is 9.12. The van der Waals surface area contributed by atoms with Gasteiger partial charge in [0.25, 0.3) is 0 Å². The van der Waals surface area contributed by atoms with Crippen LogP contribution in [-0.2, 0) is 4.84 Å². The van der Waals surface area contributed by atoms with Crippen molar-refractivity contribution < 1.29 is 23.9 Å². The number of carbonyl (C=O) groups excluding carboxylic acids is 1. The van der Waals surface area contributed by atoms with Gasteiger partial charge in [-0.2, -0.15) is 0 Å². The number of ether oxygens (including phenoxy) is 1. The summed E-state index contributed by atoms with van der Waals surface area (Å²) >= 11 is 0. The van der Waals surface area contributed by atoms with Crippen molar-refractivity contribution in [2.45, 2.75) is 12.0 Å². The van der Waals surface area contributed by atoms with Crippen molar-refractivity contribution in [3.63, 3.8) is 0 Å². The van der Waals surface area contributed by atoms with Gasteiger partial charge in [-0.05, 0) is 42.0 Å². The fourth-order valence-corrected chi connectivity index (χ4v) is 3.05. The van der Waals surface area contributed by atoms with E-state index in [-0.39, 0.29) is 24.9 Å². The number of amidine groups is 1. The SMILES string of the molecule is COc1ccc([C@@H]2CN/C(=N\OCCO)C2NC(=O)Nc2ccc(F)cc2)cc1. The van der Waals surface area contributed by atoms with Crippen LogP contribution in [0.4, 0.5) is 14.9 Å². The number of hydrogen-bond acceptors (Lipinski definition) is 5. The number of aliphatic hydroxyl groups is 1. The number of methoxy groups -OCH3 is 1. The summed E-state index contributed by atoms with van der Waals surface area (Å²) in [4.78, 5) is 17.6. The minimum absolute atomic E-state index is 0.0485. The van der Waals surface area contributed by atoms with Crippen molar-refractivity contribution >= 4 is 17.6 Å².